The Kier molecular flexibility index (Phi) is 6.82. The van der Waals surface area contributed by atoms with Crippen LogP contribution < -0.4 is 15.4 Å². The topological polar surface area (TPSA) is 50.4 Å². The molecule has 2 aromatic carbocycles. The Morgan fingerprint density at radius 2 is 1.96 bits per heavy atom. The number of aryl methyl sites for hydroxylation is 2. The quantitative estimate of drug-likeness (QED) is 0.775. The van der Waals surface area contributed by atoms with Crippen molar-refractivity contribution in [1.82, 2.24) is 5.32 Å². The molecule has 2 aromatic rings. The van der Waals surface area contributed by atoms with Gasteiger partial charge >= 0.3 is 0 Å². The van der Waals surface area contributed by atoms with E-state index in [1.54, 1.807) is 0 Å². The second kappa shape index (κ2) is 9.08. The van der Waals surface area contributed by atoms with Crippen molar-refractivity contribution in [2.24, 2.45) is 0 Å². The van der Waals surface area contributed by atoms with Crippen LogP contribution in [0, 0.1) is 13.8 Å². The summed E-state index contributed by atoms with van der Waals surface area (Å²) < 4.78 is 5.71. The van der Waals surface area contributed by atoms with Crippen molar-refractivity contribution >= 4 is 11.6 Å². The van der Waals surface area contributed by atoms with Gasteiger partial charge in [0, 0.05) is 12.2 Å². The number of hydrogen-bond acceptors (Lipinski definition) is 3. The van der Waals surface area contributed by atoms with Gasteiger partial charge in [0.2, 0.25) is 5.91 Å². The standard InChI is InChI=1S/C20H26N2O2/c1-4-21-14-17-6-5-7-18(13-17)22-20(23)10-11-24-19-9-8-15(2)12-16(19)3/h5-9,12-13,21H,4,10-11,14H2,1-3H3,(H,22,23). The highest BCUT2D eigenvalue weighted by atomic mass is 16.5. The summed E-state index contributed by atoms with van der Waals surface area (Å²) in [6.07, 6.45) is 0.324. The summed E-state index contributed by atoms with van der Waals surface area (Å²) in [5, 5.41) is 6.20. The number of nitrogens with one attached hydrogen (secondary N) is 2. The van der Waals surface area contributed by atoms with Crippen LogP contribution in [0.5, 0.6) is 5.75 Å². The van der Waals surface area contributed by atoms with Gasteiger partial charge in [-0.3, -0.25) is 4.79 Å². The molecule has 0 aromatic heterocycles. The Bertz CT molecular complexity index is 683. The number of ether oxygens (including phenoxy) is 1. The highest BCUT2D eigenvalue weighted by Crippen LogP contribution is 2.19. The minimum Gasteiger partial charge on any atom is -0.493 e. The maximum absolute atomic E-state index is 12.1. The van der Waals surface area contributed by atoms with Crippen molar-refractivity contribution in [2.75, 3.05) is 18.5 Å². The van der Waals surface area contributed by atoms with Gasteiger partial charge in [0.15, 0.2) is 0 Å². The fourth-order valence-electron chi connectivity index (χ4n) is 2.47. The van der Waals surface area contributed by atoms with Gasteiger partial charge in [-0.25, -0.2) is 0 Å². The Morgan fingerprint density at radius 3 is 2.71 bits per heavy atom. The minimum absolute atomic E-state index is 0.0413. The molecule has 0 aliphatic rings. The summed E-state index contributed by atoms with van der Waals surface area (Å²) in [6, 6.07) is 13.9. The summed E-state index contributed by atoms with van der Waals surface area (Å²) in [6.45, 7) is 8.23. The molecular formula is C20H26N2O2. The molecule has 0 bridgehead atoms. The first-order valence-electron chi connectivity index (χ1n) is 8.38. The van der Waals surface area contributed by atoms with E-state index >= 15 is 0 Å². The lowest BCUT2D eigenvalue weighted by Gasteiger charge is -2.11. The number of carbonyl (C=O) groups excluding carboxylic acids is 1. The highest BCUT2D eigenvalue weighted by molar-refractivity contribution is 5.90. The van der Waals surface area contributed by atoms with E-state index in [1.807, 2.05) is 50.2 Å². The van der Waals surface area contributed by atoms with Gasteiger partial charge in [0.25, 0.3) is 0 Å². The number of amides is 1. The van der Waals surface area contributed by atoms with Crippen molar-refractivity contribution in [1.29, 1.82) is 0 Å². The zero-order valence-corrected chi connectivity index (χ0v) is 14.7. The van der Waals surface area contributed by atoms with Gasteiger partial charge in [-0.2, -0.15) is 0 Å². The number of anilines is 1. The summed E-state index contributed by atoms with van der Waals surface area (Å²) >= 11 is 0. The van der Waals surface area contributed by atoms with Crippen molar-refractivity contribution in [3.8, 4) is 5.75 Å². The first kappa shape index (κ1) is 18.0. The number of carbonyl (C=O) groups is 1. The van der Waals surface area contributed by atoms with Crippen LogP contribution >= 0.6 is 0 Å². The molecule has 0 spiro atoms. The Morgan fingerprint density at radius 1 is 1.12 bits per heavy atom. The molecule has 2 N–H and O–H groups in total. The third-order valence-corrected chi connectivity index (χ3v) is 3.71. The average Bonchev–Trinajstić information content (AvgIpc) is 2.55. The fraction of sp³-hybridized carbons (Fsp3) is 0.350. The van der Waals surface area contributed by atoms with Crippen molar-refractivity contribution in [2.45, 2.75) is 33.7 Å². The van der Waals surface area contributed by atoms with Gasteiger partial charge in [-0.05, 0) is 49.7 Å². The number of rotatable bonds is 8. The molecule has 0 atom stereocenters. The molecule has 0 saturated heterocycles. The molecule has 1 amide bonds. The predicted octanol–water partition coefficient (Wildman–Crippen LogP) is 3.82. The highest BCUT2D eigenvalue weighted by Gasteiger charge is 2.05. The lowest BCUT2D eigenvalue weighted by Crippen LogP contribution is -2.16. The molecule has 24 heavy (non-hydrogen) atoms. The van der Waals surface area contributed by atoms with Crippen molar-refractivity contribution < 1.29 is 9.53 Å². The Labute approximate surface area is 144 Å². The average molecular weight is 326 g/mol. The summed E-state index contributed by atoms with van der Waals surface area (Å²) in [5.74, 6) is 0.793. The van der Waals surface area contributed by atoms with Gasteiger partial charge in [-0.1, -0.05) is 36.8 Å². The first-order valence-corrected chi connectivity index (χ1v) is 8.38. The van der Waals surface area contributed by atoms with E-state index in [1.165, 1.54) is 5.56 Å². The van der Waals surface area contributed by atoms with Crippen molar-refractivity contribution in [3.05, 3.63) is 59.2 Å². The third kappa shape index (κ3) is 5.70. The van der Waals surface area contributed by atoms with Crippen LogP contribution in [0.1, 0.15) is 30.0 Å². The maximum atomic E-state index is 12.1. The van der Waals surface area contributed by atoms with Crippen LogP contribution in [0.3, 0.4) is 0 Å². The maximum Gasteiger partial charge on any atom is 0.227 e. The number of benzene rings is 2. The first-order chi connectivity index (χ1) is 11.6. The fourth-order valence-corrected chi connectivity index (χ4v) is 2.47. The summed E-state index contributed by atoms with van der Waals surface area (Å²) in [4.78, 5) is 12.1. The van der Waals surface area contributed by atoms with Crippen LogP contribution in [0.15, 0.2) is 42.5 Å². The summed E-state index contributed by atoms with van der Waals surface area (Å²) in [5.41, 5.74) is 4.27. The van der Waals surface area contributed by atoms with Gasteiger partial charge in [-0.15, -0.1) is 0 Å². The lowest BCUT2D eigenvalue weighted by atomic mass is 10.1. The molecule has 4 heteroatoms. The Balaban J connectivity index is 1.80. The predicted molar refractivity (Wildman–Crippen MR) is 98.5 cm³/mol. The molecule has 128 valence electrons. The molecule has 0 saturated carbocycles. The molecule has 0 unspecified atom stereocenters. The second-order valence-corrected chi connectivity index (χ2v) is 5.90. The van der Waals surface area contributed by atoms with E-state index in [4.69, 9.17) is 4.74 Å². The molecule has 4 nitrogen and oxygen atoms in total. The zero-order chi connectivity index (χ0) is 17.4. The van der Waals surface area contributed by atoms with E-state index in [0.717, 1.165) is 35.7 Å². The molecule has 0 fully saturated rings. The molecule has 2 rings (SSSR count). The number of hydrogen-bond donors (Lipinski definition) is 2. The van der Waals surface area contributed by atoms with Gasteiger partial charge in [0.05, 0.1) is 13.0 Å². The second-order valence-electron chi connectivity index (χ2n) is 5.90. The van der Waals surface area contributed by atoms with Crippen LogP contribution in [0.25, 0.3) is 0 Å². The molecule has 0 aliphatic carbocycles. The SMILES string of the molecule is CCNCc1cccc(NC(=O)CCOc2ccc(C)cc2C)c1. The molecule has 0 radical (unpaired) electrons. The van der Waals surface area contributed by atoms with Gasteiger partial charge < -0.3 is 15.4 Å². The van der Waals surface area contributed by atoms with E-state index in [2.05, 4.69) is 23.6 Å². The van der Waals surface area contributed by atoms with Crippen LogP contribution in [-0.2, 0) is 11.3 Å². The van der Waals surface area contributed by atoms with Crippen LogP contribution in [0.4, 0.5) is 5.69 Å². The minimum atomic E-state index is -0.0413. The molecular weight excluding hydrogens is 300 g/mol. The smallest absolute Gasteiger partial charge is 0.227 e. The van der Waals surface area contributed by atoms with E-state index in [0.29, 0.717) is 13.0 Å². The molecule has 0 aliphatic heterocycles. The van der Waals surface area contributed by atoms with Crippen LogP contribution in [0.2, 0.25) is 0 Å². The van der Waals surface area contributed by atoms with Crippen molar-refractivity contribution in [3.63, 3.8) is 0 Å². The Hall–Kier alpha value is -2.33. The summed E-state index contributed by atoms with van der Waals surface area (Å²) in [7, 11) is 0. The zero-order valence-electron chi connectivity index (χ0n) is 14.7. The van der Waals surface area contributed by atoms with Crippen LogP contribution in [-0.4, -0.2) is 19.1 Å². The van der Waals surface area contributed by atoms with E-state index < -0.39 is 0 Å². The molecule has 0 heterocycles. The van der Waals surface area contributed by atoms with E-state index in [-0.39, 0.29) is 5.91 Å². The third-order valence-electron chi connectivity index (χ3n) is 3.71. The van der Waals surface area contributed by atoms with E-state index in [9.17, 15) is 4.79 Å². The van der Waals surface area contributed by atoms with Gasteiger partial charge in [0.1, 0.15) is 5.75 Å². The monoisotopic (exact) mass is 326 g/mol. The lowest BCUT2D eigenvalue weighted by molar-refractivity contribution is -0.116. The normalized spacial score (nSPS) is 10.5. The largest absolute Gasteiger partial charge is 0.493 e.